The van der Waals surface area contributed by atoms with Gasteiger partial charge in [0, 0.05) is 57.4 Å². The van der Waals surface area contributed by atoms with Crippen LogP contribution >= 0.6 is 0 Å². The van der Waals surface area contributed by atoms with Crippen LogP contribution in [0.2, 0.25) is 0 Å². The van der Waals surface area contributed by atoms with E-state index in [2.05, 4.69) is 57.6 Å². The molecule has 1 saturated heterocycles. The molecule has 1 fully saturated rings. The summed E-state index contributed by atoms with van der Waals surface area (Å²) in [6.45, 7) is 3.34. The Morgan fingerprint density at radius 1 is 1.43 bits per heavy atom. The number of likely N-dealkylation sites (N-methyl/N-ethyl adjacent to an activating group) is 1. The van der Waals surface area contributed by atoms with E-state index in [1.54, 1.807) is 7.05 Å². The molecule has 1 aromatic heterocycles. The summed E-state index contributed by atoms with van der Waals surface area (Å²) in [5, 5.41) is 7.34. The van der Waals surface area contributed by atoms with Gasteiger partial charge in [-0.15, -0.1) is 0 Å². The molecule has 21 heavy (non-hydrogen) atoms. The van der Waals surface area contributed by atoms with Gasteiger partial charge in [-0.25, -0.2) is 0 Å². The van der Waals surface area contributed by atoms with E-state index >= 15 is 0 Å². The molecular weight excluding hydrogens is 264 g/mol. The molecule has 0 bridgehead atoms. The van der Waals surface area contributed by atoms with Crippen LogP contribution < -0.4 is 10.6 Å². The van der Waals surface area contributed by atoms with Crippen LogP contribution in [0.4, 0.5) is 0 Å². The van der Waals surface area contributed by atoms with Gasteiger partial charge in [0.1, 0.15) is 6.04 Å². The number of aryl methyl sites for hydroxylation is 1. The number of carbonyl (C=O) groups excluding carboxylic acids is 1. The minimum absolute atomic E-state index is 0.0856. The van der Waals surface area contributed by atoms with Crippen molar-refractivity contribution in [3.05, 3.63) is 36.0 Å². The monoisotopic (exact) mass is 286 g/mol. The number of amides is 1. The predicted octanol–water partition coefficient (Wildman–Crippen LogP) is 0.698. The number of carbonyl (C=O) groups is 1. The third-order valence-electron chi connectivity index (χ3n) is 4.26. The van der Waals surface area contributed by atoms with Crippen molar-refractivity contribution in [1.82, 2.24) is 20.1 Å². The van der Waals surface area contributed by atoms with Crippen LogP contribution in [0.1, 0.15) is 5.56 Å². The maximum atomic E-state index is 12.0. The van der Waals surface area contributed by atoms with Crippen LogP contribution in [0.5, 0.6) is 0 Å². The fraction of sp³-hybridized carbons (Fsp3) is 0.438. The maximum absolute atomic E-state index is 12.0. The number of rotatable bonds is 3. The summed E-state index contributed by atoms with van der Waals surface area (Å²) in [7, 11) is 3.77. The van der Waals surface area contributed by atoms with Gasteiger partial charge in [-0.05, 0) is 11.6 Å². The molecule has 0 aliphatic carbocycles. The van der Waals surface area contributed by atoms with E-state index in [0.717, 1.165) is 19.6 Å². The number of hydrogen-bond donors (Lipinski definition) is 2. The second kappa shape index (κ2) is 5.87. The van der Waals surface area contributed by atoms with Gasteiger partial charge in [-0.3, -0.25) is 9.69 Å². The summed E-state index contributed by atoms with van der Waals surface area (Å²) in [4.78, 5) is 14.3. The van der Waals surface area contributed by atoms with Crippen LogP contribution in [0.3, 0.4) is 0 Å². The maximum Gasteiger partial charge on any atom is 0.238 e. The summed E-state index contributed by atoms with van der Waals surface area (Å²) in [5.74, 6) is 0.0856. The molecule has 0 radical (unpaired) electrons. The third-order valence-corrected chi connectivity index (χ3v) is 4.26. The standard InChI is InChI=1S/C16H22N4O/c1-17-16(21)15-9-18-7-8-20(15)11-12-10-19(2)14-6-4-3-5-13(12)14/h3-6,10,15,18H,7-9,11H2,1-2H3,(H,17,21). The Balaban J connectivity index is 1.88. The van der Waals surface area contributed by atoms with Gasteiger partial charge in [0.05, 0.1) is 0 Å². The van der Waals surface area contributed by atoms with E-state index in [1.807, 2.05) is 0 Å². The highest BCUT2D eigenvalue weighted by molar-refractivity contribution is 5.84. The van der Waals surface area contributed by atoms with Gasteiger partial charge in [-0.2, -0.15) is 0 Å². The van der Waals surface area contributed by atoms with Crippen molar-refractivity contribution in [3.63, 3.8) is 0 Å². The highest BCUT2D eigenvalue weighted by atomic mass is 16.2. The second-order valence-electron chi connectivity index (χ2n) is 5.59. The Labute approximate surface area is 124 Å². The predicted molar refractivity (Wildman–Crippen MR) is 84.1 cm³/mol. The van der Waals surface area contributed by atoms with Crippen LogP contribution in [-0.2, 0) is 18.4 Å². The van der Waals surface area contributed by atoms with E-state index in [1.165, 1.54) is 16.5 Å². The highest BCUT2D eigenvalue weighted by Crippen LogP contribution is 2.22. The van der Waals surface area contributed by atoms with Crippen molar-refractivity contribution in [2.75, 3.05) is 26.7 Å². The summed E-state index contributed by atoms with van der Waals surface area (Å²) in [6.07, 6.45) is 2.17. The summed E-state index contributed by atoms with van der Waals surface area (Å²) in [6, 6.07) is 8.32. The minimum Gasteiger partial charge on any atom is -0.358 e. The molecule has 0 spiro atoms. The SMILES string of the molecule is CNC(=O)C1CNCCN1Cc1cn(C)c2ccccc12. The van der Waals surface area contributed by atoms with Crippen LogP contribution in [0.25, 0.3) is 10.9 Å². The zero-order chi connectivity index (χ0) is 14.8. The number of hydrogen-bond acceptors (Lipinski definition) is 3. The molecule has 3 rings (SSSR count). The molecule has 112 valence electrons. The number of aromatic nitrogens is 1. The largest absolute Gasteiger partial charge is 0.358 e. The zero-order valence-corrected chi connectivity index (χ0v) is 12.6. The Hall–Kier alpha value is -1.85. The van der Waals surface area contributed by atoms with Gasteiger partial charge < -0.3 is 15.2 Å². The smallest absolute Gasteiger partial charge is 0.238 e. The highest BCUT2D eigenvalue weighted by Gasteiger charge is 2.28. The Morgan fingerprint density at radius 3 is 3.05 bits per heavy atom. The van der Waals surface area contributed by atoms with Crippen molar-refractivity contribution in [2.24, 2.45) is 7.05 Å². The average molecular weight is 286 g/mol. The molecule has 0 saturated carbocycles. The molecule has 1 unspecified atom stereocenters. The van der Waals surface area contributed by atoms with Gasteiger partial charge in [0.15, 0.2) is 0 Å². The third kappa shape index (κ3) is 2.66. The lowest BCUT2D eigenvalue weighted by atomic mass is 10.1. The average Bonchev–Trinajstić information content (AvgIpc) is 2.84. The van der Waals surface area contributed by atoms with Gasteiger partial charge in [0.2, 0.25) is 5.91 Å². The zero-order valence-electron chi connectivity index (χ0n) is 12.6. The fourth-order valence-electron chi connectivity index (χ4n) is 3.13. The molecule has 5 heteroatoms. The van der Waals surface area contributed by atoms with Gasteiger partial charge in [-0.1, -0.05) is 18.2 Å². The summed E-state index contributed by atoms with van der Waals surface area (Å²) in [5.41, 5.74) is 2.52. The quantitative estimate of drug-likeness (QED) is 0.873. The number of nitrogens with one attached hydrogen (secondary N) is 2. The lowest BCUT2D eigenvalue weighted by Gasteiger charge is -2.34. The number of fused-ring (bicyclic) bond motifs is 1. The first-order valence-corrected chi connectivity index (χ1v) is 7.40. The first-order valence-electron chi connectivity index (χ1n) is 7.40. The summed E-state index contributed by atoms with van der Waals surface area (Å²) < 4.78 is 2.15. The Kier molecular flexibility index (Phi) is 3.94. The molecule has 1 aliphatic heterocycles. The lowest BCUT2D eigenvalue weighted by Crippen LogP contribution is -2.56. The number of nitrogens with zero attached hydrogens (tertiary/aromatic N) is 2. The van der Waals surface area contributed by atoms with E-state index in [0.29, 0.717) is 6.54 Å². The fourth-order valence-corrected chi connectivity index (χ4v) is 3.13. The molecule has 1 aliphatic rings. The molecule has 1 atom stereocenters. The van der Waals surface area contributed by atoms with Crippen molar-refractivity contribution < 1.29 is 4.79 Å². The van der Waals surface area contributed by atoms with Crippen molar-refractivity contribution >= 4 is 16.8 Å². The van der Waals surface area contributed by atoms with Crippen molar-refractivity contribution in [2.45, 2.75) is 12.6 Å². The Bertz CT molecular complexity index is 649. The van der Waals surface area contributed by atoms with Gasteiger partial charge in [0.25, 0.3) is 0 Å². The minimum atomic E-state index is -0.0947. The van der Waals surface area contributed by atoms with Crippen LogP contribution in [0, 0.1) is 0 Å². The molecule has 1 amide bonds. The van der Waals surface area contributed by atoms with Crippen molar-refractivity contribution in [1.29, 1.82) is 0 Å². The molecular formula is C16H22N4O. The van der Waals surface area contributed by atoms with E-state index < -0.39 is 0 Å². The Morgan fingerprint density at radius 2 is 2.24 bits per heavy atom. The van der Waals surface area contributed by atoms with Gasteiger partial charge >= 0.3 is 0 Å². The van der Waals surface area contributed by atoms with Crippen LogP contribution in [-0.4, -0.2) is 48.1 Å². The normalized spacial score (nSPS) is 19.8. The first-order chi connectivity index (χ1) is 10.2. The number of para-hydroxylation sites is 1. The number of benzene rings is 1. The first kappa shape index (κ1) is 14.1. The van der Waals surface area contributed by atoms with E-state index in [9.17, 15) is 4.79 Å². The molecule has 2 heterocycles. The molecule has 1 aromatic carbocycles. The summed E-state index contributed by atoms with van der Waals surface area (Å²) >= 11 is 0. The lowest BCUT2D eigenvalue weighted by molar-refractivity contribution is -0.126. The second-order valence-corrected chi connectivity index (χ2v) is 5.59. The molecule has 2 aromatic rings. The van der Waals surface area contributed by atoms with Crippen LogP contribution in [0.15, 0.2) is 30.5 Å². The van der Waals surface area contributed by atoms with E-state index in [-0.39, 0.29) is 11.9 Å². The van der Waals surface area contributed by atoms with Crippen molar-refractivity contribution in [3.8, 4) is 0 Å². The number of piperazine rings is 1. The molecule has 2 N–H and O–H groups in total. The molecule has 5 nitrogen and oxygen atoms in total. The topological polar surface area (TPSA) is 49.3 Å². The van der Waals surface area contributed by atoms with E-state index in [4.69, 9.17) is 0 Å².